The number of aromatic amines is 1. The fourth-order valence-electron chi connectivity index (χ4n) is 4.39. The molecule has 0 bridgehead atoms. The van der Waals surface area contributed by atoms with Gasteiger partial charge in [-0.2, -0.15) is 0 Å². The maximum absolute atomic E-state index is 4.53. The van der Waals surface area contributed by atoms with Crippen molar-refractivity contribution in [2.75, 3.05) is 38.5 Å². The molecule has 0 atom stereocenters. The summed E-state index contributed by atoms with van der Waals surface area (Å²) in [6, 6.07) is 19.5. The number of anilines is 2. The highest BCUT2D eigenvalue weighted by molar-refractivity contribution is 7.22. The van der Waals surface area contributed by atoms with Gasteiger partial charge in [0.1, 0.15) is 6.33 Å². The predicted octanol–water partition coefficient (Wildman–Crippen LogP) is 5.33. The summed E-state index contributed by atoms with van der Waals surface area (Å²) in [7, 11) is 2.20. The van der Waals surface area contributed by atoms with Crippen LogP contribution < -0.4 is 5.32 Å². The van der Waals surface area contributed by atoms with E-state index >= 15 is 0 Å². The number of benzene rings is 2. The molecule has 2 aromatic carbocycles. The Kier molecular flexibility index (Phi) is 5.30. The molecule has 0 unspecified atom stereocenters. The van der Waals surface area contributed by atoms with Crippen LogP contribution in [-0.2, 0) is 6.54 Å². The molecule has 4 heterocycles. The lowest BCUT2D eigenvalue weighted by molar-refractivity contribution is 0.148. The topological polar surface area (TPSA) is 60.1 Å². The Morgan fingerprint density at radius 1 is 0.970 bits per heavy atom. The van der Waals surface area contributed by atoms with Gasteiger partial charge in [0, 0.05) is 60.4 Å². The number of nitrogens with one attached hydrogen (secondary N) is 2. The van der Waals surface area contributed by atoms with E-state index in [9.17, 15) is 0 Å². The Hall–Kier alpha value is -3.26. The van der Waals surface area contributed by atoms with Crippen molar-refractivity contribution < 1.29 is 0 Å². The van der Waals surface area contributed by atoms with Crippen LogP contribution in [0.25, 0.3) is 31.6 Å². The molecule has 0 spiro atoms. The van der Waals surface area contributed by atoms with E-state index in [2.05, 4.69) is 91.7 Å². The monoisotopic (exact) mass is 454 g/mol. The van der Waals surface area contributed by atoms with Crippen LogP contribution in [0, 0.1) is 0 Å². The van der Waals surface area contributed by atoms with E-state index < -0.39 is 0 Å². The van der Waals surface area contributed by atoms with Gasteiger partial charge in [-0.15, -0.1) is 11.3 Å². The van der Waals surface area contributed by atoms with Crippen molar-refractivity contribution in [3.8, 4) is 10.4 Å². The molecular weight excluding hydrogens is 428 g/mol. The second-order valence-corrected chi connectivity index (χ2v) is 9.78. The second-order valence-electron chi connectivity index (χ2n) is 8.73. The Morgan fingerprint density at radius 3 is 2.67 bits per heavy atom. The van der Waals surface area contributed by atoms with Crippen LogP contribution in [-0.4, -0.2) is 58.0 Å². The van der Waals surface area contributed by atoms with E-state index in [0.717, 1.165) is 60.0 Å². The SMILES string of the molecule is CN1CCN(Cc2ccc(-c3cc4ncnc(Nc5ccc6[nH]ccc6c5)c4s3)cc2)CC1. The zero-order chi connectivity index (χ0) is 22.2. The first-order valence-electron chi connectivity index (χ1n) is 11.3. The molecule has 33 heavy (non-hydrogen) atoms. The number of thiophene rings is 1. The van der Waals surface area contributed by atoms with E-state index in [4.69, 9.17) is 0 Å². The molecule has 1 saturated heterocycles. The van der Waals surface area contributed by atoms with Crippen molar-refractivity contribution in [2.45, 2.75) is 6.54 Å². The van der Waals surface area contributed by atoms with Gasteiger partial charge < -0.3 is 15.2 Å². The Morgan fingerprint density at radius 2 is 1.82 bits per heavy atom. The zero-order valence-corrected chi connectivity index (χ0v) is 19.4. The lowest BCUT2D eigenvalue weighted by Gasteiger charge is -2.32. The number of rotatable bonds is 5. The van der Waals surface area contributed by atoms with Gasteiger partial charge in [-0.1, -0.05) is 24.3 Å². The number of hydrogen-bond donors (Lipinski definition) is 2. The van der Waals surface area contributed by atoms with Crippen LogP contribution in [0.2, 0.25) is 0 Å². The molecule has 5 aromatic rings. The summed E-state index contributed by atoms with van der Waals surface area (Å²) in [6.07, 6.45) is 3.59. The first-order chi connectivity index (χ1) is 16.2. The summed E-state index contributed by atoms with van der Waals surface area (Å²) in [4.78, 5) is 18.4. The van der Waals surface area contributed by atoms with E-state index in [-0.39, 0.29) is 0 Å². The average molecular weight is 455 g/mol. The summed E-state index contributed by atoms with van der Waals surface area (Å²) >= 11 is 1.73. The standard InChI is InChI=1S/C26H26N6S/c1-31-10-12-32(13-11-31)16-18-2-4-19(5-3-18)24-15-23-25(33-24)26(29-17-28-23)30-21-6-7-22-20(14-21)8-9-27-22/h2-9,14-15,17,27H,10-13,16H2,1H3,(H,28,29,30). The molecule has 6 rings (SSSR count). The average Bonchev–Trinajstić information content (AvgIpc) is 3.48. The molecular formula is C26H26N6S. The van der Waals surface area contributed by atoms with Gasteiger partial charge in [-0.05, 0) is 48.5 Å². The van der Waals surface area contributed by atoms with Gasteiger partial charge in [0.2, 0.25) is 0 Å². The Balaban J connectivity index is 1.23. The number of hydrogen-bond acceptors (Lipinski definition) is 6. The van der Waals surface area contributed by atoms with Crippen LogP contribution in [0.3, 0.4) is 0 Å². The molecule has 6 nitrogen and oxygen atoms in total. The number of fused-ring (bicyclic) bond motifs is 2. The second kappa shape index (κ2) is 8.59. The number of nitrogens with zero attached hydrogens (tertiary/aromatic N) is 4. The maximum Gasteiger partial charge on any atom is 0.151 e. The summed E-state index contributed by atoms with van der Waals surface area (Å²) in [5, 5.41) is 4.66. The van der Waals surface area contributed by atoms with Gasteiger partial charge >= 0.3 is 0 Å². The van der Waals surface area contributed by atoms with Crippen LogP contribution in [0.4, 0.5) is 11.5 Å². The maximum atomic E-state index is 4.53. The highest BCUT2D eigenvalue weighted by atomic mass is 32.1. The normalized spacial score (nSPS) is 15.4. The zero-order valence-electron chi connectivity index (χ0n) is 18.6. The molecule has 1 fully saturated rings. The molecule has 2 N–H and O–H groups in total. The molecule has 7 heteroatoms. The molecule has 3 aromatic heterocycles. The minimum Gasteiger partial charge on any atom is -0.361 e. The van der Waals surface area contributed by atoms with Gasteiger partial charge in [0.25, 0.3) is 0 Å². The van der Waals surface area contributed by atoms with E-state index in [1.807, 2.05) is 6.20 Å². The summed E-state index contributed by atoms with van der Waals surface area (Å²) in [5.74, 6) is 0.845. The molecule has 0 saturated carbocycles. The van der Waals surface area contributed by atoms with Crippen molar-refractivity contribution in [3.63, 3.8) is 0 Å². The van der Waals surface area contributed by atoms with Crippen molar-refractivity contribution in [1.82, 2.24) is 24.8 Å². The summed E-state index contributed by atoms with van der Waals surface area (Å²) in [6.45, 7) is 5.60. The van der Waals surface area contributed by atoms with Crippen LogP contribution >= 0.6 is 11.3 Å². The van der Waals surface area contributed by atoms with E-state index in [0.29, 0.717) is 0 Å². The lowest BCUT2D eigenvalue weighted by atomic mass is 10.1. The van der Waals surface area contributed by atoms with Crippen LogP contribution in [0.5, 0.6) is 0 Å². The largest absolute Gasteiger partial charge is 0.361 e. The van der Waals surface area contributed by atoms with Gasteiger partial charge in [-0.25, -0.2) is 9.97 Å². The highest BCUT2D eigenvalue weighted by Crippen LogP contribution is 2.37. The first-order valence-corrected chi connectivity index (χ1v) is 12.1. The fourth-order valence-corrected chi connectivity index (χ4v) is 5.45. The molecule has 0 amide bonds. The van der Waals surface area contributed by atoms with Crippen LogP contribution in [0.15, 0.2) is 67.1 Å². The van der Waals surface area contributed by atoms with Crippen LogP contribution in [0.1, 0.15) is 5.56 Å². The smallest absolute Gasteiger partial charge is 0.151 e. The number of piperazine rings is 1. The molecule has 0 aliphatic carbocycles. The van der Waals surface area contributed by atoms with E-state index in [1.165, 1.54) is 21.4 Å². The van der Waals surface area contributed by atoms with Crippen molar-refractivity contribution >= 4 is 44.0 Å². The summed E-state index contributed by atoms with van der Waals surface area (Å²) in [5.41, 5.74) is 5.71. The third-order valence-electron chi connectivity index (χ3n) is 6.37. The Bertz CT molecular complexity index is 1400. The lowest BCUT2D eigenvalue weighted by Crippen LogP contribution is -2.43. The summed E-state index contributed by atoms with van der Waals surface area (Å²) < 4.78 is 1.07. The quantitative estimate of drug-likeness (QED) is 0.376. The number of likely N-dealkylation sites (N-methyl/N-ethyl adjacent to an activating group) is 1. The molecule has 166 valence electrons. The van der Waals surface area contributed by atoms with Gasteiger partial charge in [-0.3, -0.25) is 4.90 Å². The first kappa shape index (κ1) is 20.4. The fraction of sp³-hybridized carbons (Fsp3) is 0.231. The third-order valence-corrected chi connectivity index (χ3v) is 7.55. The molecule has 1 aliphatic rings. The van der Waals surface area contributed by atoms with Gasteiger partial charge in [0.05, 0.1) is 10.2 Å². The Labute approximate surface area is 196 Å². The predicted molar refractivity (Wildman–Crippen MR) is 137 cm³/mol. The highest BCUT2D eigenvalue weighted by Gasteiger charge is 2.15. The van der Waals surface area contributed by atoms with Crippen molar-refractivity contribution in [3.05, 3.63) is 72.7 Å². The van der Waals surface area contributed by atoms with Crippen molar-refractivity contribution in [1.29, 1.82) is 0 Å². The minimum atomic E-state index is 0.845. The number of H-pyrrole nitrogens is 1. The number of aromatic nitrogens is 3. The molecule has 0 radical (unpaired) electrons. The van der Waals surface area contributed by atoms with Gasteiger partial charge in [0.15, 0.2) is 5.82 Å². The molecule has 1 aliphatic heterocycles. The minimum absolute atomic E-state index is 0.845. The third kappa shape index (κ3) is 4.23. The van der Waals surface area contributed by atoms with E-state index in [1.54, 1.807) is 17.7 Å². The van der Waals surface area contributed by atoms with Crippen molar-refractivity contribution in [2.24, 2.45) is 0 Å².